The molecule has 0 spiro atoms. The molecule has 0 saturated carbocycles. The average Bonchev–Trinajstić information content (AvgIpc) is 2.53. The third kappa shape index (κ3) is 3.36. The van der Waals surface area contributed by atoms with E-state index in [1.165, 1.54) is 36.1 Å². The van der Waals surface area contributed by atoms with Crippen LogP contribution >= 0.6 is 11.8 Å². The van der Waals surface area contributed by atoms with Gasteiger partial charge in [-0.1, -0.05) is 30.7 Å². The predicted octanol–water partition coefficient (Wildman–Crippen LogP) is 2.10. The molecule has 1 aromatic carbocycles. The van der Waals surface area contributed by atoms with Crippen LogP contribution in [-0.4, -0.2) is 29.5 Å². The van der Waals surface area contributed by atoms with E-state index in [1.54, 1.807) is 0 Å². The molecule has 1 saturated heterocycles. The summed E-state index contributed by atoms with van der Waals surface area (Å²) in [5.41, 5.74) is 2.62. The van der Waals surface area contributed by atoms with Crippen molar-refractivity contribution in [1.82, 2.24) is 10.6 Å². The van der Waals surface area contributed by atoms with Gasteiger partial charge in [-0.25, -0.2) is 0 Å². The number of hydrogen-bond acceptors (Lipinski definition) is 3. The van der Waals surface area contributed by atoms with Crippen LogP contribution in [0.5, 0.6) is 0 Å². The molecule has 2 heterocycles. The maximum absolute atomic E-state index is 12.3. The Bertz CT molecular complexity index is 471. The molecular weight excluding hydrogens is 268 g/mol. The van der Waals surface area contributed by atoms with Gasteiger partial charge in [-0.3, -0.25) is 4.79 Å². The van der Waals surface area contributed by atoms with Crippen molar-refractivity contribution >= 4 is 17.7 Å². The average molecular weight is 290 g/mol. The lowest BCUT2D eigenvalue weighted by Gasteiger charge is -2.27. The summed E-state index contributed by atoms with van der Waals surface area (Å²) in [4.78, 5) is 12.3. The molecule has 1 amide bonds. The van der Waals surface area contributed by atoms with Crippen molar-refractivity contribution in [2.45, 2.75) is 43.5 Å². The number of nitrogens with one attached hydrogen (secondary N) is 2. The summed E-state index contributed by atoms with van der Waals surface area (Å²) in [6.45, 7) is 1.62. The lowest BCUT2D eigenvalue weighted by Crippen LogP contribution is -2.49. The third-order valence-electron chi connectivity index (χ3n) is 4.18. The monoisotopic (exact) mass is 290 g/mol. The molecule has 0 bridgehead atoms. The van der Waals surface area contributed by atoms with E-state index in [0.29, 0.717) is 5.25 Å². The van der Waals surface area contributed by atoms with E-state index in [4.69, 9.17) is 0 Å². The highest BCUT2D eigenvalue weighted by Crippen LogP contribution is 2.24. The molecule has 4 heteroatoms. The highest BCUT2D eigenvalue weighted by atomic mass is 32.2. The van der Waals surface area contributed by atoms with Crippen LogP contribution in [0, 0.1) is 0 Å². The second kappa shape index (κ2) is 6.64. The van der Waals surface area contributed by atoms with Crippen molar-refractivity contribution in [1.29, 1.82) is 0 Å². The minimum atomic E-state index is -0.0708. The van der Waals surface area contributed by atoms with Gasteiger partial charge in [0.2, 0.25) is 5.91 Å². The first kappa shape index (κ1) is 14.0. The molecular formula is C16H22N2OS. The second-order valence-corrected chi connectivity index (χ2v) is 7.05. The van der Waals surface area contributed by atoms with Gasteiger partial charge < -0.3 is 10.6 Å². The molecule has 1 aromatic rings. The Kier molecular flexibility index (Phi) is 4.63. The molecule has 20 heavy (non-hydrogen) atoms. The van der Waals surface area contributed by atoms with Crippen molar-refractivity contribution in [3.8, 4) is 0 Å². The Labute approximate surface area is 124 Å². The van der Waals surface area contributed by atoms with E-state index < -0.39 is 0 Å². The van der Waals surface area contributed by atoms with Gasteiger partial charge in [-0.2, -0.15) is 11.8 Å². The molecule has 3 rings (SSSR count). The Hall–Kier alpha value is -1.00. The fourth-order valence-electron chi connectivity index (χ4n) is 2.95. The zero-order valence-corrected chi connectivity index (χ0v) is 12.5. The van der Waals surface area contributed by atoms with Crippen LogP contribution in [0.4, 0.5) is 0 Å². The lowest BCUT2D eigenvalue weighted by atomic mass is 9.95. The van der Waals surface area contributed by atoms with Crippen molar-refractivity contribution in [2.75, 3.05) is 12.3 Å². The number of rotatable bonds is 3. The van der Waals surface area contributed by atoms with Gasteiger partial charge in [-0.05, 0) is 36.1 Å². The summed E-state index contributed by atoms with van der Waals surface area (Å²) in [5, 5.41) is 7.09. The second-order valence-electron chi connectivity index (χ2n) is 5.64. The highest BCUT2D eigenvalue weighted by molar-refractivity contribution is 7.99. The highest BCUT2D eigenvalue weighted by Gasteiger charge is 2.24. The summed E-state index contributed by atoms with van der Waals surface area (Å²) in [5.74, 6) is 1.40. The minimum Gasteiger partial charge on any atom is -0.354 e. The van der Waals surface area contributed by atoms with Crippen LogP contribution in [0.1, 0.15) is 30.4 Å². The smallest absolute Gasteiger partial charge is 0.237 e. The van der Waals surface area contributed by atoms with Crippen LogP contribution in [0.15, 0.2) is 24.3 Å². The standard InChI is InChI=1S/C16H22N2OS/c19-16(18-11-14-7-3-4-8-20-14)15-9-12-5-1-2-6-13(12)10-17-15/h1-2,5-6,14-15,17H,3-4,7-11H2,(H,18,19)/t14?,15-/m1/s1. The first-order valence-electron chi connectivity index (χ1n) is 7.52. The van der Waals surface area contributed by atoms with Crippen molar-refractivity contribution in [3.05, 3.63) is 35.4 Å². The summed E-state index contributed by atoms with van der Waals surface area (Å²) in [6, 6.07) is 8.31. The number of fused-ring (bicyclic) bond motifs is 1. The number of hydrogen-bond donors (Lipinski definition) is 2. The van der Waals surface area contributed by atoms with Crippen molar-refractivity contribution in [2.24, 2.45) is 0 Å². The van der Waals surface area contributed by atoms with Gasteiger partial charge in [0, 0.05) is 18.3 Å². The Balaban J connectivity index is 1.51. The van der Waals surface area contributed by atoms with E-state index in [1.807, 2.05) is 11.8 Å². The van der Waals surface area contributed by atoms with E-state index in [9.17, 15) is 4.79 Å². The largest absolute Gasteiger partial charge is 0.354 e. The van der Waals surface area contributed by atoms with Crippen LogP contribution in [0.2, 0.25) is 0 Å². The van der Waals surface area contributed by atoms with E-state index in [-0.39, 0.29) is 11.9 Å². The van der Waals surface area contributed by atoms with E-state index >= 15 is 0 Å². The Morgan fingerprint density at radius 1 is 1.30 bits per heavy atom. The molecule has 2 atom stereocenters. The van der Waals surface area contributed by atoms with Gasteiger partial charge in [0.15, 0.2) is 0 Å². The number of benzene rings is 1. The molecule has 1 fully saturated rings. The zero-order chi connectivity index (χ0) is 13.8. The molecule has 2 aliphatic heterocycles. The predicted molar refractivity (Wildman–Crippen MR) is 83.9 cm³/mol. The Morgan fingerprint density at radius 3 is 2.95 bits per heavy atom. The molecule has 3 nitrogen and oxygen atoms in total. The summed E-state index contributed by atoms with van der Waals surface area (Å²) < 4.78 is 0. The molecule has 108 valence electrons. The normalized spacial score (nSPS) is 25.8. The van der Waals surface area contributed by atoms with Crippen LogP contribution in [-0.2, 0) is 17.8 Å². The van der Waals surface area contributed by atoms with Gasteiger partial charge in [0.05, 0.1) is 6.04 Å². The maximum atomic E-state index is 12.3. The molecule has 0 radical (unpaired) electrons. The zero-order valence-electron chi connectivity index (χ0n) is 11.7. The first-order valence-corrected chi connectivity index (χ1v) is 8.57. The third-order valence-corrected chi connectivity index (χ3v) is 5.57. The summed E-state index contributed by atoms with van der Waals surface area (Å²) >= 11 is 2.01. The van der Waals surface area contributed by atoms with E-state index in [0.717, 1.165) is 19.5 Å². The fourth-order valence-corrected chi connectivity index (χ4v) is 4.18. The quantitative estimate of drug-likeness (QED) is 0.896. The first-order chi connectivity index (χ1) is 9.83. The molecule has 2 aliphatic rings. The molecule has 2 N–H and O–H groups in total. The summed E-state index contributed by atoms with van der Waals surface area (Å²) in [6.07, 6.45) is 4.68. The topological polar surface area (TPSA) is 41.1 Å². The minimum absolute atomic E-state index is 0.0708. The number of amides is 1. The van der Waals surface area contributed by atoms with Gasteiger partial charge in [0.25, 0.3) is 0 Å². The van der Waals surface area contributed by atoms with Gasteiger partial charge in [-0.15, -0.1) is 0 Å². The molecule has 0 aliphatic carbocycles. The Morgan fingerprint density at radius 2 is 2.15 bits per heavy atom. The lowest BCUT2D eigenvalue weighted by molar-refractivity contribution is -0.123. The SMILES string of the molecule is O=C(NCC1CCCCS1)[C@H]1Cc2ccccc2CN1. The summed E-state index contributed by atoms with van der Waals surface area (Å²) in [7, 11) is 0. The van der Waals surface area contributed by atoms with Crippen molar-refractivity contribution in [3.63, 3.8) is 0 Å². The van der Waals surface area contributed by atoms with Gasteiger partial charge in [0.1, 0.15) is 0 Å². The fraction of sp³-hybridized carbons (Fsp3) is 0.562. The van der Waals surface area contributed by atoms with Crippen LogP contribution in [0.3, 0.4) is 0 Å². The maximum Gasteiger partial charge on any atom is 0.237 e. The number of thioether (sulfide) groups is 1. The number of carbonyl (C=O) groups excluding carboxylic acids is 1. The number of carbonyl (C=O) groups is 1. The molecule has 0 aromatic heterocycles. The molecule has 1 unspecified atom stereocenters. The van der Waals surface area contributed by atoms with Gasteiger partial charge >= 0.3 is 0 Å². The van der Waals surface area contributed by atoms with Crippen molar-refractivity contribution < 1.29 is 4.79 Å². The van der Waals surface area contributed by atoms with Crippen LogP contribution in [0.25, 0.3) is 0 Å². The van der Waals surface area contributed by atoms with E-state index in [2.05, 4.69) is 34.9 Å². The van der Waals surface area contributed by atoms with Crippen LogP contribution < -0.4 is 10.6 Å².